The molecule has 0 bridgehead atoms. The van der Waals surface area contributed by atoms with Crippen LogP contribution in [0.2, 0.25) is 0 Å². The zero-order valence-electron chi connectivity index (χ0n) is 11.1. The van der Waals surface area contributed by atoms with Gasteiger partial charge in [0.2, 0.25) is 10.0 Å². The predicted molar refractivity (Wildman–Crippen MR) is 68.4 cm³/mol. The molecule has 1 heterocycles. The number of rotatable bonds is 7. The maximum absolute atomic E-state index is 11.9. The van der Waals surface area contributed by atoms with E-state index in [0.717, 1.165) is 0 Å². The van der Waals surface area contributed by atoms with Crippen molar-refractivity contribution in [3.8, 4) is 0 Å². The van der Waals surface area contributed by atoms with Crippen molar-refractivity contribution in [2.24, 2.45) is 12.8 Å². The second-order valence-corrected chi connectivity index (χ2v) is 6.22. The number of nitrogens with one attached hydrogen (secondary N) is 1. The molecule has 20 heavy (non-hydrogen) atoms. The van der Waals surface area contributed by atoms with Crippen LogP contribution in [0.1, 0.15) is 25.0 Å². The first-order valence-corrected chi connectivity index (χ1v) is 7.56. The van der Waals surface area contributed by atoms with E-state index < -0.39 is 22.6 Å². The highest BCUT2D eigenvalue weighted by Crippen LogP contribution is 2.22. The van der Waals surface area contributed by atoms with Gasteiger partial charge in [0.05, 0.1) is 4.90 Å². The molecule has 0 amide bonds. The summed E-state index contributed by atoms with van der Waals surface area (Å²) < 4.78 is 63.4. The molecule has 1 aromatic heterocycles. The summed E-state index contributed by atoms with van der Waals surface area (Å²) in [4.78, 5) is 0.0660. The third kappa shape index (κ3) is 5.14. The SMILES string of the molecule is Cn1cc(S(=O)(=O)NCCCCC(F)(F)F)cc1CN. The summed E-state index contributed by atoms with van der Waals surface area (Å²) in [6.45, 7) is 0.183. The van der Waals surface area contributed by atoms with Gasteiger partial charge < -0.3 is 10.3 Å². The monoisotopic (exact) mass is 313 g/mol. The summed E-state index contributed by atoms with van der Waals surface area (Å²) in [5, 5.41) is 0. The Morgan fingerprint density at radius 2 is 2.00 bits per heavy atom. The molecule has 0 spiro atoms. The lowest BCUT2D eigenvalue weighted by atomic mass is 10.2. The van der Waals surface area contributed by atoms with Crippen LogP contribution in [0.15, 0.2) is 17.2 Å². The average Bonchev–Trinajstić information content (AvgIpc) is 2.69. The van der Waals surface area contributed by atoms with Crippen LogP contribution in [0, 0.1) is 0 Å². The van der Waals surface area contributed by atoms with E-state index in [1.54, 1.807) is 11.6 Å². The molecule has 5 nitrogen and oxygen atoms in total. The standard InChI is InChI=1S/C11H18F3N3O2S/c1-17-8-10(6-9(17)7-15)20(18,19)16-5-3-2-4-11(12,13)14/h6,8,16H,2-5,7,15H2,1H3. The van der Waals surface area contributed by atoms with Gasteiger partial charge in [0, 0.05) is 38.4 Å². The lowest BCUT2D eigenvalue weighted by Gasteiger charge is -2.07. The molecule has 1 rings (SSSR count). The average molecular weight is 313 g/mol. The van der Waals surface area contributed by atoms with Crippen molar-refractivity contribution in [3.05, 3.63) is 18.0 Å². The first kappa shape index (κ1) is 17.0. The van der Waals surface area contributed by atoms with Crippen LogP contribution >= 0.6 is 0 Å². The van der Waals surface area contributed by atoms with E-state index in [4.69, 9.17) is 5.73 Å². The number of halogens is 3. The van der Waals surface area contributed by atoms with Crippen LogP contribution in [0.3, 0.4) is 0 Å². The van der Waals surface area contributed by atoms with E-state index in [2.05, 4.69) is 4.72 Å². The number of hydrogen-bond donors (Lipinski definition) is 2. The summed E-state index contributed by atoms with van der Waals surface area (Å²) in [6.07, 6.45) is -3.66. The fourth-order valence-electron chi connectivity index (χ4n) is 1.67. The Morgan fingerprint density at radius 1 is 1.35 bits per heavy atom. The smallest absolute Gasteiger partial charge is 0.352 e. The number of alkyl halides is 3. The molecular weight excluding hydrogens is 295 g/mol. The molecule has 0 saturated heterocycles. The molecule has 116 valence electrons. The Bertz CT molecular complexity index is 538. The summed E-state index contributed by atoms with van der Waals surface area (Å²) in [7, 11) is -2.02. The van der Waals surface area contributed by atoms with Gasteiger partial charge in [-0.15, -0.1) is 0 Å². The van der Waals surface area contributed by atoms with E-state index in [9.17, 15) is 21.6 Å². The molecule has 0 aliphatic heterocycles. The zero-order chi connectivity index (χ0) is 15.4. The molecule has 0 aliphatic carbocycles. The summed E-state index contributed by atoms with van der Waals surface area (Å²) in [6, 6.07) is 1.44. The third-order valence-electron chi connectivity index (χ3n) is 2.78. The van der Waals surface area contributed by atoms with Gasteiger partial charge in [0.1, 0.15) is 0 Å². The molecule has 0 aromatic carbocycles. The van der Waals surface area contributed by atoms with Gasteiger partial charge in [0.15, 0.2) is 0 Å². The Labute approximate surface area is 116 Å². The van der Waals surface area contributed by atoms with Crippen molar-refractivity contribution in [3.63, 3.8) is 0 Å². The van der Waals surface area contributed by atoms with Gasteiger partial charge >= 0.3 is 6.18 Å². The van der Waals surface area contributed by atoms with E-state index in [-0.39, 0.29) is 30.8 Å². The Hall–Kier alpha value is -1.06. The second-order valence-electron chi connectivity index (χ2n) is 4.45. The number of unbranched alkanes of at least 4 members (excludes halogenated alkanes) is 1. The minimum absolute atomic E-state index is 0.0226. The van der Waals surface area contributed by atoms with Crippen LogP contribution in [-0.2, 0) is 23.6 Å². The van der Waals surface area contributed by atoms with Crippen molar-refractivity contribution in [1.29, 1.82) is 0 Å². The quantitative estimate of drug-likeness (QED) is 0.749. The largest absolute Gasteiger partial charge is 0.389 e. The van der Waals surface area contributed by atoms with E-state index in [1.807, 2.05) is 0 Å². The van der Waals surface area contributed by atoms with Gasteiger partial charge in [-0.3, -0.25) is 0 Å². The van der Waals surface area contributed by atoms with Crippen LogP contribution < -0.4 is 10.5 Å². The van der Waals surface area contributed by atoms with Crippen LogP contribution in [0.5, 0.6) is 0 Å². The first-order chi connectivity index (χ1) is 9.15. The molecule has 0 aliphatic rings. The van der Waals surface area contributed by atoms with Crippen molar-refractivity contribution in [1.82, 2.24) is 9.29 Å². The summed E-state index contributed by atoms with van der Waals surface area (Å²) in [5.41, 5.74) is 6.10. The number of aromatic nitrogens is 1. The second kappa shape index (κ2) is 6.59. The molecule has 0 atom stereocenters. The van der Waals surface area contributed by atoms with Gasteiger partial charge in [-0.2, -0.15) is 13.2 Å². The van der Waals surface area contributed by atoms with Gasteiger partial charge in [-0.25, -0.2) is 13.1 Å². The van der Waals surface area contributed by atoms with E-state index in [1.165, 1.54) is 12.3 Å². The lowest BCUT2D eigenvalue weighted by molar-refractivity contribution is -0.135. The molecule has 1 aromatic rings. The van der Waals surface area contributed by atoms with Crippen LogP contribution in [-0.4, -0.2) is 25.7 Å². The number of nitrogens with zero attached hydrogens (tertiary/aromatic N) is 1. The van der Waals surface area contributed by atoms with Crippen LogP contribution in [0.25, 0.3) is 0 Å². The molecular formula is C11H18F3N3O2S. The maximum Gasteiger partial charge on any atom is 0.389 e. The fraction of sp³-hybridized carbons (Fsp3) is 0.636. The highest BCUT2D eigenvalue weighted by molar-refractivity contribution is 7.89. The Morgan fingerprint density at radius 3 is 2.50 bits per heavy atom. The molecule has 0 radical (unpaired) electrons. The van der Waals surface area contributed by atoms with Crippen LogP contribution in [0.4, 0.5) is 13.2 Å². The van der Waals surface area contributed by atoms with Gasteiger partial charge in [0.25, 0.3) is 0 Å². The molecule has 0 saturated carbocycles. The first-order valence-electron chi connectivity index (χ1n) is 6.07. The highest BCUT2D eigenvalue weighted by Gasteiger charge is 2.26. The van der Waals surface area contributed by atoms with Crippen molar-refractivity contribution in [2.75, 3.05) is 6.54 Å². The molecule has 0 unspecified atom stereocenters. The van der Waals surface area contributed by atoms with Gasteiger partial charge in [-0.05, 0) is 18.9 Å². The maximum atomic E-state index is 11.9. The minimum Gasteiger partial charge on any atom is -0.352 e. The topological polar surface area (TPSA) is 77.1 Å². The molecule has 0 fully saturated rings. The van der Waals surface area contributed by atoms with Crippen molar-refractivity contribution < 1.29 is 21.6 Å². The van der Waals surface area contributed by atoms with E-state index in [0.29, 0.717) is 5.69 Å². The van der Waals surface area contributed by atoms with Gasteiger partial charge in [-0.1, -0.05) is 0 Å². The highest BCUT2D eigenvalue weighted by atomic mass is 32.2. The predicted octanol–water partition coefficient (Wildman–Crippen LogP) is 1.49. The zero-order valence-corrected chi connectivity index (χ0v) is 11.9. The normalized spacial score (nSPS) is 12.8. The Kier molecular flexibility index (Phi) is 5.60. The summed E-state index contributed by atoms with van der Waals surface area (Å²) >= 11 is 0. The molecule has 9 heteroatoms. The van der Waals surface area contributed by atoms with E-state index >= 15 is 0 Å². The Balaban J connectivity index is 2.49. The number of aryl methyl sites for hydroxylation is 1. The third-order valence-corrected chi connectivity index (χ3v) is 4.21. The molecule has 3 N–H and O–H groups in total. The van der Waals surface area contributed by atoms with Crippen molar-refractivity contribution >= 4 is 10.0 Å². The van der Waals surface area contributed by atoms with Crippen molar-refractivity contribution in [2.45, 2.75) is 36.9 Å². The number of hydrogen-bond acceptors (Lipinski definition) is 3. The number of sulfonamides is 1. The minimum atomic E-state index is -4.20. The fourth-order valence-corrected chi connectivity index (χ4v) is 2.84. The summed E-state index contributed by atoms with van der Waals surface area (Å²) in [5.74, 6) is 0. The lowest BCUT2D eigenvalue weighted by Crippen LogP contribution is -2.24. The number of nitrogens with two attached hydrogens (primary N) is 1.